The van der Waals surface area contributed by atoms with Gasteiger partial charge in [0.25, 0.3) is 0 Å². The zero-order valence-electron chi connectivity index (χ0n) is 4.71. The van der Waals surface area contributed by atoms with Crippen LogP contribution in [-0.2, 0) is 0 Å². The Bertz CT molecular complexity index is 69.5. The summed E-state index contributed by atoms with van der Waals surface area (Å²) in [5.74, 6) is 0. The Kier molecular flexibility index (Phi) is 1.19. The van der Waals surface area contributed by atoms with E-state index in [9.17, 15) is 13.2 Å². The second-order valence-electron chi connectivity index (χ2n) is 1.18. The lowest BCUT2D eigenvalue weighted by molar-refractivity contribution is -0.143. The second-order valence-corrected chi connectivity index (χ2v) is 1.18. The first kappa shape index (κ1) is 4.90. The van der Waals surface area contributed by atoms with Crippen molar-refractivity contribution in [2.24, 2.45) is 5.73 Å². The third kappa shape index (κ3) is 2.45. The van der Waals surface area contributed by atoms with Gasteiger partial charge in [-0.3, -0.25) is 0 Å². The molecule has 0 heterocycles. The van der Waals surface area contributed by atoms with Gasteiger partial charge < -0.3 is 5.73 Å². The molecule has 7 heavy (non-hydrogen) atoms. The lowest BCUT2D eigenvalue weighted by Gasteiger charge is -2.07. The van der Waals surface area contributed by atoms with Gasteiger partial charge in [-0.25, -0.2) is 0 Å². The molecule has 0 aliphatic heterocycles. The Morgan fingerprint density at radius 1 is 1.71 bits per heavy atom. The molecule has 0 bridgehead atoms. The fourth-order valence-electron chi connectivity index (χ4n) is 0. The van der Waals surface area contributed by atoms with Crippen molar-refractivity contribution in [2.45, 2.75) is 19.1 Å². The van der Waals surface area contributed by atoms with E-state index in [1.807, 2.05) is 0 Å². The summed E-state index contributed by atoms with van der Waals surface area (Å²) in [5.41, 5.74) is 4.35. The summed E-state index contributed by atoms with van der Waals surface area (Å²) >= 11 is 0. The Labute approximate surface area is 40.7 Å². The standard InChI is InChI=1S/C3H6F3N/c1-2(7)3(4,5)6/h2H,7H2,1H3/t2-/m1/s1/i2D. The van der Waals surface area contributed by atoms with Crippen molar-refractivity contribution in [3.63, 3.8) is 0 Å². The van der Waals surface area contributed by atoms with Crippen molar-refractivity contribution in [3.05, 3.63) is 0 Å². The largest absolute Gasteiger partial charge is 0.403 e. The maximum absolute atomic E-state index is 11.2. The van der Waals surface area contributed by atoms with Gasteiger partial charge in [-0.1, -0.05) is 0 Å². The molecular formula is C3H6F3N. The summed E-state index contributed by atoms with van der Waals surface area (Å²) in [7, 11) is 0. The molecule has 0 aliphatic rings. The van der Waals surface area contributed by atoms with Crippen molar-refractivity contribution in [3.8, 4) is 0 Å². The third-order valence-electron chi connectivity index (χ3n) is 0.447. The van der Waals surface area contributed by atoms with E-state index in [2.05, 4.69) is 5.73 Å². The van der Waals surface area contributed by atoms with Crippen LogP contribution in [0.15, 0.2) is 0 Å². The molecule has 1 atom stereocenters. The van der Waals surface area contributed by atoms with Crippen molar-refractivity contribution >= 4 is 0 Å². The Balaban J connectivity index is 4.02. The van der Waals surface area contributed by atoms with Crippen LogP contribution in [0, 0.1) is 0 Å². The van der Waals surface area contributed by atoms with Gasteiger partial charge in [-0.2, -0.15) is 13.2 Å². The summed E-state index contributed by atoms with van der Waals surface area (Å²) in [6, 6.07) is -2.81. The van der Waals surface area contributed by atoms with Gasteiger partial charge in [0, 0.05) is 0 Å². The predicted octanol–water partition coefficient (Wildman–Crippen LogP) is 0.896. The smallest absolute Gasteiger partial charge is 0.320 e. The molecule has 0 aromatic heterocycles. The van der Waals surface area contributed by atoms with E-state index in [1.54, 1.807) is 0 Å². The fourth-order valence-corrected chi connectivity index (χ4v) is 0. The lowest BCUT2D eigenvalue weighted by Crippen LogP contribution is -2.33. The number of hydrogen-bond donors (Lipinski definition) is 1. The first-order valence-corrected chi connectivity index (χ1v) is 1.61. The van der Waals surface area contributed by atoms with Crippen LogP contribution in [0.5, 0.6) is 0 Å². The van der Waals surface area contributed by atoms with Crippen LogP contribution in [0.25, 0.3) is 0 Å². The van der Waals surface area contributed by atoms with Crippen LogP contribution >= 0.6 is 0 Å². The van der Waals surface area contributed by atoms with E-state index in [0.717, 1.165) is 0 Å². The number of hydrogen-bond acceptors (Lipinski definition) is 1. The molecule has 44 valence electrons. The van der Waals surface area contributed by atoms with Crippen LogP contribution in [0.2, 0.25) is 0 Å². The highest BCUT2D eigenvalue weighted by molar-refractivity contribution is 4.61. The van der Waals surface area contributed by atoms with E-state index in [0.29, 0.717) is 6.92 Å². The molecule has 0 saturated heterocycles. The molecule has 0 aromatic rings. The Morgan fingerprint density at radius 3 is 1.86 bits per heavy atom. The molecule has 0 radical (unpaired) electrons. The highest BCUT2D eigenvalue weighted by Crippen LogP contribution is 2.16. The summed E-state index contributed by atoms with van der Waals surface area (Å²) in [5, 5.41) is 0. The lowest BCUT2D eigenvalue weighted by atomic mass is 10.4. The van der Waals surface area contributed by atoms with Gasteiger partial charge in [0.2, 0.25) is 0 Å². The molecule has 0 fully saturated rings. The summed E-state index contributed by atoms with van der Waals surface area (Å²) < 4.78 is 40.0. The van der Waals surface area contributed by atoms with E-state index >= 15 is 0 Å². The van der Waals surface area contributed by atoms with E-state index in [1.165, 1.54) is 0 Å². The van der Waals surface area contributed by atoms with Gasteiger partial charge in [0.15, 0.2) is 0 Å². The number of alkyl halides is 3. The van der Waals surface area contributed by atoms with Crippen LogP contribution in [0.3, 0.4) is 0 Å². The van der Waals surface area contributed by atoms with Crippen molar-refractivity contribution in [2.75, 3.05) is 0 Å². The molecule has 0 aliphatic carbocycles. The van der Waals surface area contributed by atoms with E-state index in [-0.39, 0.29) is 0 Å². The van der Waals surface area contributed by atoms with Crippen molar-refractivity contribution in [1.82, 2.24) is 0 Å². The molecule has 0 aromatic carbocycles. The molecule has 0 unspecified atom stereocenters. The monoisotopic (exact) mass is 114 g/mol. The van der Waals surface area contributed by atoms with Crippen LogP contribution in [0.4, 0.5) is 13.2 Å². The van der Waals surface area contributed by atoms with Crippen LogP contribution in [-0.4, -0.2) is 12.2 Å². The number of nitrogens with two attached hydrogens (primary N) is 1. The van der Waals surface area contributed by atoms with Crippen molar-refractivity contribution < 1.29 is 14.5 Å². The summed E-state index contributed by atoms with van der Waals surface area (Å²) in [6.45, 7) is 0.590. The number of halogens is 3. The minimum Gasteiger partial charge on any atom is -0.320 e. The molecule has 0 spiro atoms. The van der Waals surface area contributed by atoms with Gasteiger partial charge in [0.05, 0.1) is 7.39 Å². The van der Waals surface area contributed by atoms with Gasteiger partial charge in [-0.15, -0.1) is 0 Å². The average molecular weight is 114 g/mol. The second kappa shape index (κ2) is 1.69. The van der Waals surface area contributed by atoms with Crippen molar-refractivity contribution in [1.29, 1.82) is 0 Å². The van der Waals surface area contributed by atoms with Gasteiger partial charge in [-0.05, 0) is 6.92 Å². The molecule has 4 heteroatoms. The molecule has 0 rings (SSSR count). The molecule has 2 N–H and O–H groups in total. The van der Waals surface area contributed by atoms with Gasteiger partial charge >= 0.3 is 6.18 Å². The quantitative estimate of drug-likeness (QED) is 0.497. The van der Waals surface area contributed by atoms with Gasteiger partial charge in [0.1, 0.15) is 0 Å². The Hall–Kier alpha value is -0.250. The van der Waals surface area contributed by atoms with E-state index < -0.39 is 12.2 Å². The first-order chi connectivity index (χ1) is 3.25. The summed E-state index contributed by atoms with van der Waals surface area (Å²) in [6.07, 6.45) is -4.62. The predicted molar refractivity (Wildman–Crippen MR) is 19.7 cm³/mol. The molecular weight excluding hydrogens is 107 g/mol. The highest BCUT2D eigenvalue weighted by atomic mass is 19.4. The Morgan fingerprint density at radius 2 is 1.86 bits per heavy atom. The molecule has 1 nitrogen and oxygen atoms in total. The minimum absolute atomic E-state index is 0.590. The highest BCUT2D eigenvalue weighted by Gasteiger charge is 2.32. The minimum atomic E-state index is -4.62. The van der Waals surface area contributed by atoms with Crippen LogP contribution in [0.1, 0.15) is 8.29 Å². The number of rotatable bonds is 0. The van der Waals surface area contributed by atoms with E-state index in [4.69, 9.17) is 1.37 Å². The third-order valence-corrected chi connectivity index (χ3v) is 0.447. The first-order valence-electron chi connectivity index (χ1n) is 2.11. The maximum atomic E-state index is 11.2. The molecule has 0 saturated carbocycles. The SMILES string of the molecule is [2H][C@](C)(N)C(F)(F)F. The van der Waals surface area contributed by atoms with Crippen LogP contribution < -0.4 is 5.73 Å². The zero-order chi connectivity index (χ0) is 7.00. The maximum Gasteiger partial charge on any atom is 0.403 e. The fraction of sp³-hybridized carbons (Fsp3) is 1.00. The molecule has 0 amide bonds. The average Bonchev–Trinajstić information content (AvgIpc) is 1.25. The zero-order valence-corrected chi connectivity index (χ0v) is 3.71. The summed E-state index contributed by atoms with van der Waals surface area (Å²) in [4.78, 5) is 0. The normalized spacial score (nSPS) is 23.3. The topological polar surface area (TPSA) is 26.0 Å².